The summed E-state index contributed by atoms with van der Waals surface area (Å²) in [5, 5.41) is 13.0. The number of carbonyl (C=O) groups is 2. The number of aliphatic carboxylic acids is 1. The molecule has 1 aromatic carbocycles. The lowest BCUT2D eigenvalue weighted by atomic mass is 10.2. The van der Waals surface area contributed by atoms with Crippen LogP contribution in [-0.4, -0.2) is 44.8 Å². The first-order valence-electron chi connectivity index (χ1n) is 7.25. The fraction of sp³-hybridized carbons (Fsp3) is 0.312. The molecule has 0 saturated heterocycles. The van der Waals surface area contributed by atoms with Crippen LogP contribution in [0.4, 0.5) is 4.39 Å². The molecule has 1 aromatic heterocycles. The number of carboxylic acids is 1. The Morgan fingerprint density at radius 3 is 2.52 bits per heavy atom. The largest absolute Gasteiger partial charge is 0.481 e. The van der Waals surface area contributed by atoms with Crippen LogP contribution in [0.1, 0.15) is 29.4 Å². The number of carbonyl (C=O) groups excluding carboxylic acids is 1. The Bertz CT molecular complexity index is 710. The van der Waals surface area contributed by atoms with Crippen LogP contribution >= 0.6 is 0 Å². The molecule has 2 aromatic rings. The molecule has 0 bridgehead atoms. The van der Waals surface area contributed by atoms with Crippen LogP contribution < -0.4 is 0 Å². The highest BCUT2D eigenvalue weighted by Gasteiger charge is 2.20. The molecule has 0 fully saturated rings. The van der Waals surface area contributed by atoms with E-state index < -0.39 is 5.97 Å². The number of hydrogen-bond acceptors (Lipinski definition) is 3. The second kappa shape index (κ2) is 7.04. The highest BCUT2D eigenvalue weighted by Crippen LogP contribution is 2.14. The van der Waals surface area contributed by atoms with Crippen molar-refractivity contribution in [3.8, 4) is 5.69 Å². The number of hydrogen-bond donors (Lipinski definition) is 1. The molecule has 0 atom stereocenters. The van der Waals surface area contributed by atoms with Crippen molar-refractivity contribution in [2.24, 2.45) is 0 Å². The maximum atomic E-state index is 13.0. The van der Waals surface area contributed by atoms with E-state index in [2.05, 4.69) is 5.10 Å². The Morgan fingerprint density at radius 1 is 1.30 bits per heavy atom. The van der Waals surface area contributed by atoms with Crippen LogP contribution in [0.25, 0.3) is 5.69 Å². The normalized spacial score (nSPS) is 10.6. The molecule has 1 N–H and O–H groups in total. The third kappa shape index (κ3) is 3.94. The van der Waals surface area contributed by atoms with E-state index in [1.165, 1.54) is 21.7 Å². The summed E-state index contributed by atoms with van der Waals surface area (Å²) < 4.78 is 14.5. The number of benzene rings is 1. The zero-order valence-electron chi connectivity index (χ0n) is 13.0. The first kappa shape index (κ1) is 16.7. The van der Waals surface area contributed by atoms with Gasteiger partial charge in [-0.3, -0.25) is 9.59 Å². The Kier molecular flexibility index (Phi) is 5.10. The predicted octanol–water partition coefficient (Wildman–Crippen LogP) is 2.26. The lowest BCUT2D eigenvalue weighted by molar-refractivity contribution is -0.137. The minimum Gasteiger partial charge on any atom is -0.481 e. The smallest absolute Gasteiger partial charge is 0.305 e. The summed E-state index contributed by atoms with van der Waals surface area (Å²) in [5.41, 5.74) is 1.58. The van der Waals surface area contributed by atoms with Gasteiger partial charge in [0.05, 0.1) is 12.1 Å². The number of rotatable bonds is 6. The fourth-order valence-electron chi connectivity index (χ4n) is 2.18. The Balaban J connectivity index is 2.24. The van der Waals surface area contributed by atoms with Crippen LogP contribution in [0.3, 0.4) is 0 Å². The van der Waals surface area contributed by atoms with Crippen molar-refractivity contribution >= 4 is 11.9 Å². The van der Waals surface area contributed by atoms with E-state index in [0.29, 0.717) is 17.8 Å². The van der Waals surface area contributed by atoms with Gasteiger partial charge in [-0.25, -0.2) is 9.07 Å². The van der Waals surface area contributed by atoms with Gasteiger partial charge in [0, 0.05) is 24.8 Å². The monoisotopic (exact) mass is 319 g/mol. The summed E-state index contributed by atoms with van der Waals surface area (Å²) in [6.45, 7) is 4.07. The first-order chi connectivity index (χ1) is 10.9. The lowest BCUT2D eigenvalue weighted by Crippen LogP contribution is -2.33. The van der Waals surface area contributed by atoms with Gasteiger partial charge >= 0.3 is 5.97 Å². The topological polar surface area (TPSA) is 75.4 Å². The van der Waals surface area contributed by atoms with Gasteiger partial charge in [0.2, 0.25) is 0 Å². The van der Waals surface area contributed by atoms with E-state index in [9.17, 15) is 14.0 Å². The number of nitrogens with zero attached hydrogens (tertiary/aromatic N) is 3. The first-order valence-corrected chi connectivity index (χ1v) is 7.25. The molecule has 0 spiro atoms. The molecule has 0 radical (unpaired) electrons. The molecule has 0 unspecified atom stereocenters. The Labute approximate surface area is 133 Å². The summed E-state index contributed by atoms with van der Waals surface area (Å²) in [7, 11) is 0. The third-order valence-electron chi connectivity index (χ3n) is 3.46. The van der Waals surface area contributed by atoms with Gasteiger partial charge in [-0.1, -0.05) is 0 Å². The Hall–Kier alpha value is -2.70. The summed E-state index contributed by atoms with van der Waals surface area (Å²) in [6.07, 6.45) is 1.57. The lowest BCUT2D eigenvalue weighted by Gasteiger charge is -2.19. The standard InChI is InChI=1S/C16H18FN3O3/c1-3-19(9-8-14(21)22)16(23)15-11(2)10-20(18-15)13-6-4-12(17)5-7-13/h4-7,10H,3,8-9H2,1-2H3,(H,21,22). The molecule has 1 amide bonds. The number of amides is 1. The minimum atomic E-state index is -0.954. The summed E-state index contributed by atoms with van der Waals surface area (Å²) >= 11 is 0. The molecule has 23 heavy (non-hydrogen) atoms. The average molecular weight is 319 g/mol. The number of aryl methyl sites for hydroxylation is 1. The van der Waals surface area contributed by atoms with Gasteiger partial charge in [0.25, 0.3) is 5.91 Å². The maximum absolute atomic E-state index is 13.0. The molecule has 7 heteroatoms. The van der Waals surface area contributed by atoms with Crippen molar-refractivity contribution in [3.05, 3.63) is 47.5 Å². The number of carboxylic acid groups (broad SMARTS) is 1. The second-order valence-electron chi connectivity index (χ2n) is 5.11. The molecule has 122 valence electrons. The second-order valence-corrected chi connectivity index (χ2v) is 5.11. The van der Waals surface area contributed by atoms with E-state index in [1.807, 2.05) is 0 Å². The van der Waals surface area contributed by atoms with Gasteiger partial charge in [0.1, 0.15) is 5.82 Å². The highest BCUT2D eigenvalue weighted by molar-refractivity contribution is 5.93. The molecule has 0 aliphatic heterocycles. The minimum absolute atomic E-state index is 0.114. The third-order valence-corrected chi connectivity index (χ3v) is 3.46. The number of aromatic nitrogens is 2. The molecule has 2 rings (SSSR count). The zero-order chi connectivity index (χ0) is 17.0. The summed E-state index contributed by atoms with van der Waals surface area (Å²) in [5.74, 6) is -1.61. The molecule has 1 heterocycles. The van der Waals surface area contributed by atoms with E-state index in [1.54, 1.807) is 32.2 Å². The van der Waals surface area contributed by atoms with Gasteiger partial charge in [-0.05, 0) is 38.1 Å². The van der Waals surface area contributed by atoms with Crippen molar-refractivity contribution in [1.29, 1.82) is 0 Å². The van der Waals surface area contributed by atoms with Crippen molar-refractivity contribution in [1.82, 2.24) is 14.7 Å². The van der Waals surface area contributed by atoms with Crippen LogP contribution in [0.2, 0.25) is 0 Å². The zero-order valence-corrected chi connectivity index (χ0v) is 13.0. The molecule has 6 nitrogen and oxygen atoms in total. The van der Waals surface area contributed by atoms with E-state index in [0.717, 1.165) is 0 Å². The van der Waals surface area contributed by atoms with Crippen molar-refractivity contribution in [2.45, 2.75) is 20.3 Å². The molecular formula is C16H18FN3O3. The van der Waals surface area contributed by atoms with Gasteiger partial charge in [-0.15, -0.1) is 0 Å². The van der Waals surface area contributed by atoms with Gasteiger partial charge < -0.3 is 10.0 Å². The molecule has 0 saturated carbocycles. The van der Waals surface area contributed by atoms with E-state index in [-0.39, 0.29) is 30.4 Å². The summed E-state index contributed by atoms with van der Waals surface area (Å²) in [4.78, 5) is 24.6. The van der Waals surface area contributed by atoms with Crippen molar-refractivity contribution in [2.75, 3.05) is 13.1 Å². The average Bonchev–Trinajstić information content (AvgIpc) is 2.90. The van der Waals surface area contributed by atoms with E-state index >= 15 is 0 Å². The van der Waals surface area contributed by atoms with Crippen molar-refractivity contribution in [3.63, 3.8) is 0 Å². The summed E-state index contributed by atoms with van der Waals surface area (Å²) in [6, 6.07) is 5.77. The number of halogens is 1. The van der Waals surface area contributed by atoms with Gasteiger partial charge in [0.15, 0.2) is 5.69 Å². The molecule has 0 aliphatic rings. The predicted molar refractivity (Wildman–Crippen MR) is 82.1 cm³/mol. The van der Waals surface area contributed by atoms with Gasteiger partial charge in [-0.2, -0.15) is 5.10 Å². The van der Waals surface area contributed by atoms with Crippen LogP contribution in [0.5, 0.6) is 0 Å². The SMILES string of the molecule is CCN(CCC(=O)O)C(=O)c1nn(-c2ccc(F)cc2)cc1C. The fourth-order valence-corrected chi connectivity index (χ4v) is 2.18. The molecule has 0 aliphatic carbocycles. The van der Waals surface area contributed by atoms with Crippen LogP contribution in [-0.2, 0) is 4.79 Å². The van der Waals surface area contributed by atoms with Crippen molar-refractivity contribution < 1.29 is 19.1 Å². The molecular weight excluding hydrogens is 301 g/mol. The maximum Gasteiger partial charge on any atom is 0.305 e. The quantitative estimate of drug-likeness (QED) is 0.886. The Morgan fingerprint density at radius 2 is 1.96 bits per heavy atom. The highest BCUT2D eigenvalue weighted by atomic mass is 19.1. The van der Waals surface area contributed by atoms with E-state index in [4.69, 9.17) is 5.11 Å². The van der Waals surface area contributed by atoms with Crippen LogP contribution in [0.15, 0.2) is 30.5 Å². The van der Waals surface area contributed by atoms with Crippen LogP contribution in [0, 0.1) is 12.7 Å².